The van der Waals surface area contributed by atoms with E-state index in [1.165, 1.54) is 0 Å². The molecule has 5 nitrogen and oxygen atoms in total. The van der Waals surface area contributed by atoms with Gasteiger partial charge in [-0.05, 0) is 23.8 Å². The SMILES string of the molecule is COc1c(F)cc(C(=O)NCc2cccc(N)c2N)cc1F. The summed E-state index contributed by atoms with van der Waals surface area (Å²) in [6.45, 7) is 0.0883. The molecule has 0 saturated carbocycles. The van der Waals surface area contributed by atoms with Crippen LogP contribution in [0.4, 0.5) is 20.2 Å². The number of halogens is 2. The van der Waals surface area contributed by atoms with Gasteiger partial charge in [0.15, 0.2) is 17.4 Å². The molecule has 22 heavy (non-hydrogen) atoms. The maximum atomic E-state index is 13.6. The van der Waals surface area contributed by atoms with Crippen LogP contribution in [-0.4, -0.2) is 13.0 Å². The van der Waals surface area contributed by atoms with Crippen molar-refractivity contribution in [1.29, 1.82) is 0 Å². The van der Waals surface area contributed by atoms with Gasteiger partial charge in [0.05, 0.1) is 18.5 Å². The van der Waals surface area contributed by atoms with Crippen LogP contribution in [0.1, 0.15) is 15.9 Å². The number of nitrogens with two attached hydrogens (primary N) is 2. The second-order valence-electron chi connectivity index (χ2n) is 4.58. The van der Waals surface area contributed by atoms with Crippen molar-refractivity contribution in [2.24, 2.45) is 0 Å². The molecule has 0 aliphatic heterocycles. The number of benzene rings is 2. The maximum absolute atomic E-state index is 13.6. The highest BCUT2D eigenvalue weighted by atomic mass is 19.1. The zero-order chi connectivity index (χ0) is 16.3. The van der Waals surface area contributed by atoms with Gasteiger partial charge in [-0.25, -0.2) is 8.78 Å². The molecule has 0 fully saturated rings. The van der Waals surface area contributed by atoms with Gasteiger partial charge in [0, 0.05) is 12.1 Å². The van der Waals surface area contributed by atoms with Gasteiger partial charge in [-0.15, -0.1) is 0 Å². The summed E-state index contributed by atoms with van der Waals surface area (Å²) in [6, 6.07) is 6.83. The van der Waals surface area contributed by atoms with Crippen molar-refractivity contribution in [1.82, 2.24) is 5.32 Å². The van der Waals surface area contributed by atoms with Crippen LogP contribution in [0.3, 0.4) is 0 Å². The van der Waals surface area contributed by atoms with E-state index >= 15 is 0 Å². The van der Waals surface area contributed by atoms with Crippen molar-refractivity contribution in [3.8, 4) is 5.75 Å². The van der Waals surface area contributed by atoms with E-state index < -0.39 is 23.3 Å². The van der Waals surface area contributed by atoms with Crippen molar-refractivity contribution in [3.05, 3.63) is 53.1 Å². The number of hydrogen-bond donors (Lipinski definition) is 3. The standard InChI is InChI=1S/C15H15F2N3O2/c1-22-14-10(16)5-9(6-11(14)17)15(21)20-7-8-3-2-4-12(18)13(8)19/h2-6H,7,18-19H2,1H3,(H,20,21). The van der Waals surface area contributed by atoms with Gasteiger partial charge in [-0.3, -0.25) is 4.79 Å². The predicted octanol–water partition coefficient (Wildman–Crippen LogP) is 2.07. The summed E-state index contributed by atoms with van der Waals surface area (Å²) < 4.78 is 31.7. The molecule has 2 aromatic rings. The number of ether oxygens (including phenoxy) is 1. The largest absolute Gasteiger partial charge is 0.491 e. The molecular formula is C15H15F2N3O2. The number of nitrogens with one attached hydrogen (secondary N) is 1. The highest BCUT2D eigenvalue weighted by Gasteiger charge is 2.15. The van der Waals surface area contributed by atoms with E-state index in [0.717, 1.165) is 19.2 Å². The minimum atomic E-state index is -0.948. The first-order valence-electron chi connectivity index (χ1n) is 6.38. The highest BCUT2D eigenvalue weighted by Crippen LogP contribution is 2.23. The fourth-order valence-corrected chi connectivity index (χ4v) is 1.95. The van der Waals surface area contributed by atoms with Crippen LogP contribution in [0, 0.1) is 11.6 Å². The summed E-state index contributed by atoms with van der Waals surface area (Å²) in [5.41, 5.74) is 12.7. The third-order valence-electron chi connectivity index (χ3n) is 3.13. The molecule has 0 saturated heterocycles. The predicted molar refractivity (Wildman–Crippen MR) is 79.3 cm³/mol. The third-order valence-corrected chi connectivity index (χ3v) is 3.13. The lowest BCUT2D eigenvalue weighted by atomic mass is 10.1. The van der Waals surface area contributed by atoms with Crippen LogP contribution in [0.5, 0.6) is 5.75 Å². The smallest absolute Gasteiger partial charge is 0.251 e. The minimum Gasteiger partial charge on any atom is -0.491 e. The first-order valence-corrected chi connectivity index (χ1v) is 6.38. The normalized spacial score (nSPS) is 10.3. The second kappa shape index (κ2) is 6.30. The summed E-state index contributed by atoms with van der Waals surface area (Å²) in [7, 11) is 1.14. The molecule has 1 amide bonds. The molecule has 7 heteroatoms. The van der Waals surface area contributed by atoms with Crippen LogP contribution in [0.25, 0.3) is 0 Å². The number of methoxy groups -OCH3 is 1. The van der Waals surface area contributed by atoms with Crippen LogP contribution >= 0.6 is 0 Å². The van der Waals surface area contributed by atoms with Gasteiger partial charge >= 0.3 is 0 Å². The van der Waals surface area contributed by atoms with Crippen LogP contribution in [-0.2, 0) is 6.54 Å². The van der Waals surface area contributed by atoms with Crippen molar-refractivity contribution >= 4 is 17.3 Å². The number of nitrogen functional groups attached to an aromatic ring is 2. The first kappa shape index (κ1) is 15.6. The fraction of sp³-hybridized carbons (Fsp3) is 0.133. The van der Waals surface area contributed by atoms with Gasteiger partial charge in [0.25, 0.3) is 5.91 Å². The molecule has 116 valence electrons. The third kappa shape index (κ3) is 3.08. The van der Waals surface area contributed by atoms with Crippen molar-refractivity contribution in [3.63, 3.8) is 0 Å². The molecule has 0 bridgehead atoms. The Morgan fingerprint density at radius 2 is 1.86 bits per heavy atom. The Bertz CT molecular complexity index is 697. The molecule has 0 heterocycles. The van der Waals surface area contributed by atoms with E-state index in [4.69, 9.17) is 11.5 Å². The molecule has 2 rings (SSSR count). The van der Waals surface area contributed by atoms with Gasteiger partial charge < -0.3 is 21.5 Å². The Labute approximate surface area is 125 Å². The maximum Gasteiger partial charge on any atom is 0.251 e. The molecule has 0 unspecified atom stereocenters. The molecule has 0 aliphatic rings. The summed E-state index contributed by atoms with van der Waals surface area (Å²) in [5, 5.41) is 2.53. The number of rotatable bonds is 4. The topological polar surface area (TPSA) is 90.4 Å². The van der Waals surface area contributed by atoms with Crippen molar-refractivity contribution in [2.45, 2.75) is 6.54 Å². The number of carbonyl (C=O) groups excluding carboxylic acids is 1. The summed E-state index contributed by atoms with van der Waals surface area (Å²) in [4.78, 5) is 12.0. The lowest BCUT2D eigenvalue weighted by Gasteiger charge is -2.10. The summed E-state index contributed by atoms with van der Waals surface area (Å²) in [5.74, 6) is -3.06. The molecule has 0 aromatic heterocycles. The second-order valence-corrected chi connectivity index (χ2v) is 4.58. The average molecular weight is 307 g/mol. The first-order chi connectivity index (χ1) is 10.4. The molecule has 2 aromatic carbocycles. The molecule has 0 spiro atoms. The van der Waals surface area contributed by atoms with E-state index in [9.17, 15) is 13.6 Å². The lowest BCUT2D eigenvalue weighted by Crippen LogP contribution is -2.23. The molecule has 0 aliphatic carbocycles. The summed E-state index contributed by atoms with van der Waals surface area (Å²) >= 11 is 0. The highest BCUT2D eigenvalue weighted by molar-refractivity contribution is 5.94. The van der Waals surface area contributed by atoms with Gasteiger partial charge in [0.1, 0.15) is 0 Å². The average Bonchev–Trinajstić information content (AvgIpc) is 2.48. The van der Waals surface area contributed by atoms with E-state index in [-0.39, 0.29) is 12.1 Å². The molecule has 0 radical (unpaired) electrons. The zero-order valence-corrected chi connectivity index (χ0v) is 11.8. The van der Waals surface area contributed by atoms with E-state index in [2.05, 4.69) is 10.1 Å². The molecule has 5 N–H and O–H groups in total. The van der Waals surface area contributed by atoms with Crippen LogP contribution < -0.4 is 21.5 Å². The Morgan fingerprint density at radius 1 is 1.23 bits per heavy atom. The van der Waals surface area contributed by atoms with Gasteiger partial charge in [0.2, 0.25) is 0 Å². The number of carbonyl (C=O) groups is 1. The van der Waals surface area contributed by atoms with Crippen molar-refractivity contribution in [2.75, 3.05) is 18.6 Å². The lowest BCUT2D eigenvalue weighted by molar-refractivity contribution is 0.0950. The van der Waals surface area contributed by atoms with E-state index in [1.54, 1.807) is 18.2 Å². The Balaban J connectivity index is 2.15. The monoisotopic (exact) mass is 307 g/mol. The number of anilines is 2. The summed E-state index contributed by atoms with van der Waals surface area (Å²) in [6.07, 6.45) is 0. The van der Waals surface area contributed by atoms with Crippen LogP contribution in [0.15, 0.2) is 30.3 Å². The molecule has 0 atom stereocenters. The zero-order valence-electron chi connectivity index (χ0n) is 11.8. The number of amides is 1. The van der Waals surface area contributed by atoms with Crippen LogP contribution in [0.2, 0.25) is 0 Å². The molecular weight excluding hydrogens is 292 g/mol. The fourth-order valence-electron chi connectivity index (χ4n) is 1.95. The Hall–Kier alpha value is -2.83. The minimum absolute atomic E-state index is 0.0883. The Kier molecular flexibility index (Phi) is 4.45. The van der Waals surface area contributed by atoms with Gasteiger partial charge in [-0.1, -0.05) is 12.1 Å². The number of hydrogen-bond acceptors (Lipinski definition) is 4. The quantitative estimate of drug-likeness (QED) is 0.754. The Morgan fingerprint density at radius 3 is 2.45 bits per heavy atom. The number of para-hydroxylation sites is 1. The van der Waals surface area contributed by atoms with E-state index in [1.807, 2.05) is 0 Å². The van der Waals surface area contributed by atoms with Crippen molar-refractivity contribution < 1.29 is 18.3 Å². The van der Waals surface area contributed by atoms with Gasteiger partial charge in [-0.2, -0.15) is 0 Å². The van der Waals surface area contributed by atoms with E-state index in [0.29, 0.717) is 16.9 Å².